The molecule has 2 unspecified atom stereocenters. The van der Waals surface area contributed by atoms with Crippen LogP contribution in [0.2, 0.25) is 0 Å². The van der Waals surface area contributed by atoms with Gasteiger partial charge in [-0.3, -0.25) is 4.79 Å². The molecular formula is C12H20N2O2. The van der Waals surface area contributed by atoms with Crippen LogP contribution in [-0.4, -0.2) is 15.6 Å². The maximum absolute atomic E-state index is 10.9. The minimum absolute atomic E-state index is 0.191. The summed E-state index contributed by atoms with van der Waals surface area (Å²) in [4.78, 5) is 10.9. The number of carbonyl (C=O) groups is 1. The van der Waals surface area contributed by atoms with Crippen molar-refractivity contribution in [2.75, 3.05) is 0 Å². The third kappa shape index (κ3) is 3.38. The zero-order valence-corrected chi connectivity index (χ0v) is 9.89. The first-order chi connectivity index (χ1) is 7.54. The second-order valence-electron chi connectivity index (χ2n) is 4.25. The molecule has 0 saturated heterocycles. The van der Waals surface area contributed by atoms with Gasteiger partial charge in [0.25, 0.3) is 0 Å². The van der Waals surface area contributed by atoms with Crippen LogP contribution in [0.3, 0.4) is 0 Å². The number of nitrogens with zero attached hydrogens (tertiary/aromatic N) is 1. The van der Waals surface area contributed by atoms with Crippen LogP contribution in [-0.2, 0) is 11.3 Å². The number of hydrogen-bond donors (Lipinski definition) is 2. The van der Waals surface area contributed by atoms with Gasteiger partial charge in [0.15, 0.2) is 0 Å². The maximum atomic E-state index is 10.9. The fourth-order valence-electron chi connectivity index (χ4n) is 1.62. The number of aliphatic hydroxyl groups is 1. The average Bonchev–Trinajstić information content (AvgIpc) is 2.66. The Labute approximate surface area is 96.1 Å². The van der Waals surface area contributed by atoms with E-state index in [4.69, 9.17) is 5.73 Å². The molecule has 0 fully saturated rings. The first kappa shape index (κ1) is 12.8. The molecule has 2 atom stereocenters. The molecule has 1 heterocycles. The van der Waals surface area contributed by atoms with Crippen LogP contribution in [0.15, 0.2) is 18.5 Å². The van der Waals surface area contributed by atoms with Gasteiger partial charge in [-0.05, 0) is 18.1 Å². The van der Waals surface area contributed by atoms with Crippen molar-refractivity contribution in [2.24, 2.45) is 11.7 Å². The summed E-state index contributed by atoms with van der Waals surface area (Å²) in [5, 5.41) is 9.77. The Morgan fingerprint density at radius 2 is 2.31 bits per heavy atom. The number of amides is 1. The molecule has 90 valence electrons. The summed E-state index contributed by atoms with van der Waals surface area (Å²) in [6.07, 6.45) is 5.04. The van der Waals surface area contributed by atoms with Gasteiger partial charge < -0.3 is 15.4 Å². The summed E-state index contributed by atoms with van der Waals surface area (Å²) >= 11 is 0. The molecule has 0 saturated carbocycles. The number of aromatic nitrogens is 1. The molecule has 1 aromatic rings. The van der Waals surface area contributed by atoms with E-state index in [2.05, 4.69) is 0 Å². The van der Waals surface area contributed by atoms with Crippen molar-refractivity contribution in [1.82, 2.24) is 4.57 Å². The van der Waals surface area contributed by atoms with Gasteiger partial charge in [0, 0.05) is 18.9 Å². The Bertz CT molecular complexity index is 347. The van der Waals surface area contributed by atoms with Crippen LogP contribution >= 0.6 is 0 Å². The van der Waals surface area contributed by atoms with E-state index in [1.807, 2.05) is 30.0 Å². The molecule has 1 rings (SSSR count). The van der Waals surface area contributed by atoms with Crippen molar-refractivity contribution in [1.29, 1.82) is 0 Å². The Morgan fingerprint density at radius 1 is 1.62 bits per heavy atom. The number of carbonyl (C=O) groups excluding carboxylic acids is 1. The van der Waals surface area contributed by atoms with Crippen LogP contribution in [0.25, 0.3) is 0 Å². The summed E-state index contributed by atoms with van der Waals surface area (Å²) in [6, 6.07) is 1.88. The molecule has 1 amide bonds. The Kier molecular flexibility index (Phi) is 4.55. The molecule has 0 aliphatic rings. The molecule has 0 radical (unpaired) electrons. The molecule has 0 spiro atoms. The average molecular weight is 224 g/mol. The maximum Gasteiger partial charge on any atom is 0.222 e. The van der Waals surface area contributed by atoms with Crippen molar-refractivity contribution in [3.05, 3.63) is 24.0 Å². The summed E-state index contributed by atoms with van der Waals surface area (Å²) in [6.45, 7) is 4.40. The number of nitrogens with two attached hydrogens (primary N) is 1. The SMILES string of the molecule is CCCC(O)c1ccn(CC(C)C(N)=O)c1. The normalized spacial score (nSPS) is 14.7. The van der Waals surface area contributed by atoms with E-state index in [1.54, 1.807) is 6.92 Å². The molecule has 0 bridgehead atoms. The van der Waals surface area contributed by atoms with Gasteiger partial charge in [-0.15, -0.1) is 0 Å². The third-order valence-corrected chi connectivity index (χ3v) is 2.69. The fraction of sp³-hybridized carbons (Fsp3) is 0.583. The van der Waals surface area contributed by atoms with Crippen molar-refractivity contribution in [2.45, 2.75) is 39.3 Å². The van der Waals surface area contributed by atoms with Gasteiger partial charge in [0.1, 0.15) is 0 Å². The molecule has 1 aromatic heterocycles. The highest BCUT2D eigenvalue weighted by molar-refractivity contribution is 5.76. The molecule has 4 nitrogen and oxygen atoms in total. The minimum Gasteiger partial charge on any atom is -0.388 e. The number of hydrogen-bond acceptors (Lipinski definition) is 2. The van der Waals surface area contributed by atoms with Crippen LogP contribution in [0.4, 0.5) is 0 Å². The van der Waals surface area contributed by atoms with E-state index in [0.29, 0.717) is 6.54 Å². The Balaban J connectivity index is 2.61. The molecule has 16 heavy (non-hydrogen) atoms. The standard InChI is InChI=1S/C12H20N2O2/c1-3-4-11(15)10-5-6-14(8-10)7-9(2)12(13)16/h5-6,8-9,11,15H,3-4,7H2,1-2H3,(H2,13,16). The lowest BCUT2D eigenvalue weighted by molar-refractivity contribution is -0.121. The van der Waals surface area contributed by atoms with Gasteiger partial charge in [0.2, 0.25) is 5.91 Å². The van der Waals surface area contributed by atoms with E-state index in [1.165, 1.54) is 0 Å². The first-order valence-electron chi connectivity index (χ1n) is 5.67. The van der Waals surface area contributed by atoms with Gasteiger partial charge in [-0.1, -0.05) is 20.3 Å². The van der Waals surface area contributed by atoms with Crippen LogP contribution < -0.4 is 5.73 Å². The Hall–Kier alpha value is -1.29. The summed E-state index contributed by atoms with van der Waals surface area (Å²) in [7, 11) is 0. The van der Waals surface area contributed by atoms with Gasteiger partial charge in [-0.2, -0.15) is 0 Å². The van der Waals surface area contributed by atoms with Gasteiger partial charge >= 0.3 is 0 Å². The highest BCUT2D eigenvalue weighted by atomic mass is 16.3. The van der Waals surface area contributed by atoms with E-state index in [9.17, 15) is 9.90 Å². The third-order valence-electron chi connectivity index (χ3n) is 2.69. The lowest BCUT2D eigenvalue weighted by Crippen LogP contribution is -2.24. The lowest BCUT2D eigenvalue weighted by atomic mass is 10.1. The smallest absolute Gasteiger partial charge is 0.222 e. The molecule has 4 heteroatoms. The molecule has 3 N–H and O–H groups in total. The molecule has 0 aromatic carbocycles. The molecular weight excluding hydrogens is 204 g/mol. The van der Waals surface area contributed by atoms with E-state index >= 15 is 0 Å². The predicted octanol–water partition coefficient (Wildman–Crippen LogP) is 1.44. The van der Waals surface area contributed by atoms with Crippen LogP contribution in [0.1, 0.15) is 38.4 Å². The second-order valence-corrected chi connectivity index (χ2v) is 4.25. The van der Waals surface area contributed by atoms with Crippen molar-refractivity contribution < 1.29 is 9.90 Å². The van der Waals surface area contributed by atoms with E-state index < -0.39 is 6.10 Å². The minimum atomic E-state index is -0.407. The van der Waals surface area contributed by atoms with Gasteiger partial charge in [-0.25, -0.2) is 0 Å². The quantitative estimate of drug-likeness (QED) is 0.767. The number of rotatable bonds is 6. The van der Waals surface area contributed by atoms with Crippen molar-refractivity contribution >= 4 is 5.91 Å². The zero-order valence-electron chi connectivity index (χ0n) is 9.89. The molecule has 0 aliphatic carbocycles. The highest BCUT2D eigenvalue weighted by Crippen LogP contribution is 2.18. The van der Waals surface area contributed by atoms with Crippen molar-refractivity contribution in [3.8, 4) is 0 Å². The van der Waals surface area contributed by atoms with E-state index in [-0.39, 0.29) is 11.8 Å². The largest absolute Gasteiger partial charge is 0.388 e. The monoisotopic (exact) mass is 224 g/mol. The predicted molar refractivity (Wildman–Crippen MR) is 62.7 cm³/mol. The summed E-state index contributed by atoms with van der Waals surface area (Å²) in [5.74, 6) is -0.493. The highest BCUT2D eigenvalue weighted by Gasteiger charge is 2.11. The topological polar surface area (TPSA) is 68.2 Å². The first-order valence-corrected chi connectivity index (χ1v) is 5.67. The second kappa shape index (κ2) is 5.70. The summed E-state index contributed by atoms with van der Waals surface area (Å²) in [5.41, 5.74) is 6.10. The van der Waals surface area contributed by atoms with E-state index in [0.717, 1.165) is 18.4 Å². The van der Waals surface area contributed by atoms with Crippen LogP contribution in [0, 0.1) is 5.92 Å². The zero-order chi connectivity index (χ0) is 12.1. The lowest BCUT2D eigenvalue weighted by Gasteiger charge is -2.09. The number of primary amides is 1. The fourth-order valence-corrected chi connectivity index (χ4v) is 1.62. The van der Waals surface area contributed by atoms with Crippen LogP contribution in [0.5, 0.6) is 0 Å². The molecule has 0 aliphatic heterocycles. The van der Waals surface area contributed by atoms with Crippen molar-refractivity contribution in [3.63, 3.8) is 0 Å². The van der Waals surface area contributed by atoms with Gasteiger partial charge in [0.05, 0.1) is 12.0 Å². The number of aliphatic hydroxyl groups excluding tert-OH is 1. The summed E-state index contributed by atoms with van der Waals surface area (Å²) < 4.78 is 1.89. The Morgan fingerprint density at radius 3 is 2.88 bits per heavy atom.